The highest BCUT2D eigenvalue weighted by atomic mass is 35.5. The van der Waals surface area contributed by atoms with Crippen LogP contribution in [0.1, 0.15) is 29.9 Å². The Morgan fingerprint density at radius 1 is 1.33 bits per heavy atom. The highest BCUT2D eigenvalue weighted by molar-refractivity contribution is 6.30. The number of fused-ring (bicyclic) bond motifs is 1. The van der Waals surface area contributed by atoms with Crippen LogP contribution in [0.25, 0.3) is 0 Å². The molecule has 5 nitrogen and oxygen atoms in total. The number of nitrogens with zero attached hydrogens (tertiary/aromatic N) is 4. The van der Waals surface area contributed by atoms with Crippen LogP contribution in [0.4, 0.5) is 0 Å². The van der Waals surface area contributed by atoms with Gasteiger partial charge in [-0.05, 0) is 30.5 Å². The summed E-state index contributed by atoms with van der Waals surface area (Å²) in [6.07, 6.45) is 5.75. The van der Waals surface area contributed by atoms with E-state index in [1.54, 1.807) is 7.05 Å². The molecule has 1 aliphatic rings. The first-order valence-corrected chi connectivity index (χ1v) is 8.74. The summed E-state index contributed by atoms with van der Waals surface area (Å²) in [5, 5.41) is 4.16. The molecule has 1 aromatic heterocycles. The number of hydrogen-bond acceptors (Lipinski definition) is 2. The zero-order valence-electron chi connectivity index (χ0n) is 14.3. The van der Waals surface area contributed by atoms with Gasteiger partial charge in [-0.1, -0.05) is 23.7 Å². The molecule has 6 heteroatoms. The van der Waals surface area contributed by atoms with Crippen LogP contribution < -0.4 is 5.32 Å². The highest BCUT2D eigenvalue weighted by Crippen LogP contribution is 2.14. The van der Waals surface area contributed by atoms with Crippen molar-refractivity contribution < 1.29 is 0 Å². The van der Waals surface area contributed by atoms with Crippen LogP contribution in [-0.4, -0.2) is 34.5 Å². The van der Waals surface area contributed by atoms with Crippen molar-refractivity contribution in [2.24, 2.45) is 4.99 Å². The maximum atomic E-state index is 5.94. The van der Waals surface area contributed by atoms with E-state index in [0.717, 1.165) is 36.2 Å². The fourth-order valence-electron chi connectivity index (χ4n) is 3.05. The monoisotopic (exact) mass is 345 g/mol. The second kappa shape index (κ2) is 7.71. The first kappa shape index (κ1) is 16.8. The SMILES string of the molecule is CN=C(NCc1cn2c(n1)CCCC2)N(C)Cc1ccc(Cl)cc1. The number of aryl methyl sites for hydroxylation is 2. The Labute approximate surface area is 148 Å². The second-order valence-corrected chi connectivity index (χ2v) is 6.62. The quantitative estimate of drug-likeness (QED) is 0.684. The maximum Gasteiger partial charge on any atom is 0.194 e. The summed E-state index contributed by atoms with van der Waals surface area (Å²) >= 11 is 5.94. The van der Waals surface area contributed by atoms with Crippen molar-refractivity contribution in [3.63, 3.8) is 0 Å². The molecule has 0 bridgehead atoms. The van der Waals surface area contributed by atoms with Gasteiger partial charge >= 0.3 is 0 Å². The van der Waals surface area contributed by atoms with Gasteiger partial charge in [-0.25, -0.2) is 4.98 Å². The molecule has 0 spiro atoms. The minimum Gasteiger partial charge on any atom is -0.351 e. The summed E-state index contributed by atoms with van der Waals surface area (Å²) in [4.78, 5) is 11.2. The molecule has 0 saturated carbocycles. The lowest BCUT2D eigenvalue weighted by Gasteiger charge is -2.22. The van der Waals surface area contributed by atoms with Crippen molar-refractivity contribution in [3.05, 3.63) is 52.6 Å². The van der Waals surface area contributed by atoms with Crippen LogP contribution in [0, 0.1) is 0 Å². The molecule has 0 unspecified atom stereocenters. The van der Waals surface area contributed by atoms with E-state index < -0.39 is 0 Å². The smallest absolute Gasteiger partial charge is 0.194 e. The van der Waals surface area contributed by atoms with E-state index in [2.05, 4.69) is 26.0 Å². The van der Waals surface area contributed by atoms with Gasteiger partial charge in [0.05, 0.1) is 12.2 Å². The van der Waals surface area contributed by atoms with Gasteiger partial charge in [0.15, 0.2) is 5.96 Å². The average Bonchev–Trinajstić information content (AvgIpc) is 3.00. The van der Waals surface area contributed by atoms with E-state index in [1.165, 1.54) is 24.2 Å². The third kappa shape index (κ3) is 4.09. The van der Waals surface area contributed by atoms with Crippen molar-refractivity contribution in [1.29, 1.82) is 0 Å². The topological polar surface area (TPSA) is 45.5 Å². The molecule has 0 saturated heterocycles. The van der Waals surface area contributed by atoms with Gasteiger partial charge in [0, 0.05) is 44.8 Å². The Kier molecular flexibility index (Phi) is 5.41. The van der Waals surface area contributed by atoms with Gasteiger partial charge in [0.1, 0.15) is 5.82 Å². The molecular formula is C18H24ClN5. The number of halogens is 1. The fraction of sp³-hybridized carbons (Fsp3) is 0.444. The Hall–Kier alpha value is -2.01. The summed E-state index contributed by atoms with van der Waals surface area (Å²) in [5.74, 6) is 2.07. The largest absolute Gasteiger partial charge is 0.351 e. The van der Waals surface area contributed by atoms with Gasteiger partial charge in [-0.2, -0.15) is 0 Å². The minimum absolute atomic E-state index is 0.692. The van der Waals surface area contributed by atoms with Crippen molar-refractivity contribution >= 4 is 17.6 Å². The van der Waals surface area contributed by atoms with E-state index in [0.29, 0.717) is 6.54 Å². The standard InChI is InChI=1S/C18H24ClN5/c1-20-18(23(2)12-14-6-8-15(19)9-7-14)21-11-16-13-24-10-4-3-5-17(24)22-16/h6-9,13H,3-5,10-12H2,1-2H3,(H,20,21). The Morgan fingerprint density at radius 3 is 2.83 bits per heavy atom. The Bertz CT molecular complexity index is 681. The lowest BCUT2D eigenvalue weighted by molar-refractivity contribution is 0.476. The third-order valence-corrected chi connectivity index (χ3v) is 4.54. The maximum absolute atomic E-state index is 5.94. The second-order valence-electron chi connectivity index (χ2n) is 6.18. The lowest BCUT2D eigenvalue weighted by Crippen LogP contribution is -2.38. The molecule has 3 rings (SSSR count). The number of aromatic nitrogens is 2. The van der Waals surface area contributed by atoms with Crippen molar-refractivity contribution in [1.82, 2.24) is 19.8 Å². The van der Waals surface area contributed by atoms with Crippen LogP contribution in [0.2, 0.25) is 5.02 Å². The van der Waals surface area contributed by atoms with E-state index in [1.807, 2.05) is 31.3 Å². The van der Waals surface area contributed by atoms with Crippen LogP contribution in [-0.2, 0) is 26.1 Å². The van der Waals surface area contributed by atoms with E-state index in [9.17, 15) is 0 Å². The highest BCUT2D eigenvalue weighted by Gasteiger charge is 2.13. The van der Waals surface area contributed by atoms with Gasteiger partial charge in [-0.3, -0.25) is 4.99 Å². The molecule has 1 aliphatic heterocycles. The normalized spacial score (nSPS) is 14.4. The minimum atomic E-state index is 0.692. The molecule has 24 heavy (non-hydrogen) atoms. The van der Waals surface area contributed by atoms with E-state index in [-0.39, 0.29) is 0 Å². The van der Waals surface area contributed by atoms with Crippen LogP contribution in [0.3, 0.4) is 0 Å². The summed E-state index contributed by atoms with van der Waals surface area (Å²) < 4.78 is 2.28. The molecule has 0 atom stereocenters. The molecule has 128 valence electrons. The summed E-state index contributed by atoms with van der Waals surface area (Å²) in [7, 11) is 3.83. The number of nitrogens with one attached hydrogen (secondary N) is 1. The summed E-state index contributed by atoms with van der Waals surface area (Å²) in [5.41, 5.74) is 2.27. The van der Waals surface area contributed by atoms with Crippen LogP contribution in [0.15, 0.2) is 35.5 Å². The molecule has 2 heterocycles. The van der Waals surface area contributed by atoms with Crippen LogP contribution >= 0.6 is 11.6 Å². The summed E-state index contributed by atoms with van der Waals surface area (Å²) in [6, 6.07) is 7.90. The molecule has 0 amide bonds. The summed E-state index contributed by atoms with van der Waals surface area (Å²) in [6.45, 7) is 2.56. The number of imidazole rings is 1. The first-order valence-electron chi connectivity index (χ1n) is 8.37. The predicted octanol–water partition coefficient (Wildman–Crippen LogP) is 3.08. The fourth-order valence-corrected chi connectivity index (χ4v) is 3.18. The first-order chi connectivity index (χ1) is 11.7. The van der Waals surface area contributed by atoms with Crippen molar-refractivity contribution in [2.75, 3.05) is 14.1 Å². The Balaban J connectivity index is 1.58. The zero-order valence-corrected chi connectivity index (χ0v) is 15.1. The van der Waals surface area contributed by atoms with Crippen molar-refractivity contribution in [2.45, 2.75) is 38.9 Å². The number of guanidine groups is 1. The average molecular weight is 346 g/mol. The van der Waals surface area contributed by atoms with Gasteiger partial charge in [0.2, 0.25) is 0 Å². The lowest BCUT2D eigenvalue weighted by atomic mass is 10.2. The number of hydrogen-bond donors (Lipinski definition) is 1. The molecule has 1 aromatic carbocycles. The molecule has 0 fully saturated rings. The predicted molar refractivity (Wildman–Crippen MR) is 98.3 cm³/mol. The molecular weight excluding hydrogens is 322 g/mol. The molecule has 0 radical (unpaired) electrons. The van der Waals surface area contributed by atoms with E-state index in [4.69, 9.17) is 16.6 Å². The molecule has 0 aliphatic carbocycles. The van der Waals surface area contributed by atoms with Gasteiger partial charge in [0.25, 0.3) is 0 Å². The van der Waals surface area contributed by atoms with Gasteiger partial charge < -0.3 is 14.8 Å². The molecule has 2 aromatic rings. The molecule has 1 N–H and O–H groups in total. The zero-order chi connectivity index (χ0) is 16.9. The Morgan fingerprint density at radius 2 is 2.12 bits per heavy atom. The van der Waals surface area contributed by atoms with Crippen LogP contribution in [0.5, 0.6) is 0 Å². The van der Waals surface area contributed by atoms with Gasteiger partial charge in [-0.15, -0.1) is 0 Å². The number of benzene rings is 1. The number of rotatable bonds is 4. The third-order valence-electron chi connectivity index (χ3n) is 4.29. The number of aliphatic imine (C=N–C) groups is 1. The van der Waals surface area contributed by atoms with E-state index >= 15 is 0 Å². The van der Waals surface area contributed by atoms with Crippen molar-refractivity contribution in [3.8, 4) is 0 Å².